The second-order valence-corrected chi connectivity index (χ2v) is 9.72. The van der Waals surface area contributed by atoms with Gasteiger partial charge in [-0.05, 0) is 48.1 Å². The van der Waals surface area contributed by atoms with Crippen LogP contribution in [0.5, 0.6) is 0 Å². The molecule has 0 aliphatic carbocycles. The molecule has 0 radical (unpaired) electrons. The van der Waals surface area contributed by atoms with Crippen molar-refractivity contribution in [1.29, 1.82) is 0 Å². The van der Waals surface area contributed by atoms with Gasteiger partial charge in [0.25, 0.3) is 5.91 Å². The second-order valence-electron chi connectivity index (χ2n) is 6.79. The predicted octanol–water partition coefficient (Wildman–Crippen LogP) is 1.67. The van der Waals surface area contributed by atoms with E-state index in [1.54, 1.807) is 34.4 Å². The van der Waals surface area contributed by atoms with Crippen molar-refractivity contribution in [2.75, 3.05) is 19.6 Å². The number of carbonyl (C=O) groups excluding carboxylic acids is 1. The van der Waals surface area contributed by atoms with E-state index < -0.39 is 10.0 Å². The number of rotatable bonds is 3. The molecular formula is C18H21N3O3S2. The maximum absolute atomic E-state index is 13.1. The van der Waals surface area contributed by atoms with Gasteiger partial charge in [0.2, 0.25) is 10.0 Å². The first kappa shape index (κ1) is 17.7. The molecule has 0 bridgehead atoms. The summed E-state index contributed by atoms with van der Waals surface area (Å²) in [7, 11) is -3.63. The molecule has 8 heteroatoms. The standard InChI is InChI=1S/C18H21N3O3S2/c19-15-4-7-20(12-15)18(22)13-2-1-3-16(10-13)26(23,24)21-8-5-17-14(11-21)6-9-25-17/h1-3,6,9-10,15H,4-5,7-8,11-12,19H2/t15-/m1/s1. The van der Waals surface area contributed by atoms with E-state index in [1.807, 2.05) is 11.4 Å². The van der Waals surface area contributed by atoms with Crippen LogP contribution < -0.4 is 5.73 Å². The fourth-order valence-electron chi connectivity index (χ4n) is 3.52. The lowest BCUT2D eigenvalue weighted by Gasteiger charge is -2.26. The monoisotopic (exact) mass is 391 g/mol. The van der Waals surface area contributed by atoms with Gasteiger partial charge in [-0.2, -0.15) is 4.31 Å². The molecule has 2 N–H and O–H groups in total. The Labute approximate surface area is 157 Å². The van der Waals surface area contributed by atoms with Crippen molar-refractivity contribution in [2.24, 2.45) is 5.73 Å². The minimum absolute atomic E-state index is 0.000906. The van der Waals surface area contributed by atoms with Crippen LogP contribution in [0.25, 0.3) is 0 Å². The smallest absolute Gasteiger partial charge is 0.253 e. The van der Waals surface area contributed by atoms with Crippen LogP contribution in [-0.2, 0) is 23.0 Å². The normalized spacial score (nSPS) is 21.0. The molecule has 4 rings (SSSR count). The molecule has 2 aliphatic heterocycles. The van der Waals surface area contributed by atoms with Crippen LogP contribution in [0.15, 0.2) is 40.6 Å². The highest BCUT2D eigenvalue weighted by atomic mass is 32.2. The number of fused-ring (bicyclic) bond motifs is 1. The number of nitrogens with zero attached hydrogens (tertiary/aromatic N) is 2. The Morgan fingerprint density at radius 3 is 2.85 bits per heavy atom. The van der Waals surface area contributed by atoms with Crippen LogP contribution in [0.3, 0.4) is 0 Å². The zero-order chi connectivity index (χ0) is 18.3. The van der Waals surface area contributed by atoms with Gasteiger partial charge < -0.3 is 10.6 Å². The lowest BCUT2D eigenvalue weighted by atomic mass is 10.1. The number of hydrogen-bond acceptors (Lipinski definition) is 5. The van der Waals surface area contributed by atoms with E-state index in [0.29, 0.717) is 31.7 Å². The van der Waals surface area contributed by atoms with Gasteiger partial charge in [-0.25, -0.2) is 8.42 Å². The summed E-state index contributed by atoms with van der Waals surface area (Å²) in [5.41, 5.74) is 7.34. The van der Waals surface area contributed by atoms with Crippen LogP contribution in [0.4, 0.5) is 0 Å². The van der Waals surface area contributed by atoms with Crippen molar-refractivity contribution in [1.82, 2.24) is 9.21 Å². The van der Waals surface area contributed by atoms with Crippen molar-refractivity contribution >= 4 is 27.3 Å². The molecule has 26 heavy (non-hydrogen) atoms. The predicted molar refractivity (Wildman–Crippen MR) is 101 cm³/mol. The number of carbonyl (C=O) groups is 1. The number of nitrogens with two attached hydrogens (primary N) is 1. The molecule has 1 atom stereocenters. The molecule has 1 fully saturated rings. The zero-order valence-corrected chi connectivity index (χ0v) is 15.9. The highest BCUT2D eigenvalue weighted by molar-refractivity contribution is 7.89. The number of thiophene rings is 1. The minimum atomic E-state index is -3.63. The van der Waals surface area contributed by atoms with Crippen molar-refractivity contribution in [2.45, 2.75) is 30.3 Å². The molecule has 0 unspecified atom stereocenters. The molecular weight excluding hydrogens is 370 g/mol. The topological polar surface area (TPSA) is 83.7 Å². The van der Waals surface area contributed by atoms with Gasteiger partial charge in [0.15, 0.2) is 0 Å². The average molecular weight is 392 g/mol. The summed E-state index contributed by atoms with van der Waals surface area (Å²) in [6.07, 6.45) is 1.51. The molecule has 1 aromatic heterocycles. The molecule has 1 saturated heterocycles. The molecule has 0 saturated carbocycles. The Balaban J connectivity index is 1.58. The lowest BCUT2D eigenvalue weighted by molar-refractivity contribution is 0.0790. The first-order valence-corrected chi connectivity index (χ1v) is 11.0. The third-order valence-corrected chi connectivity index (χ3v) is 7.87. The van der Waals surface area contributed by atoms with Gasteiger partial charge in [0.1, 0.15) is 0 Å². The highest BCUT2D eigenvalue weighted by Crippen LogP contribution is 2.28. The van der Waals surface area contributed by atoms with E-state index in [1.165, 1.54) is 15.2 Å². The van der Waals surface area contributed by atoms with Crippen LogP contribution in [0, 0.1) is 0 Å². The van der Waals surface area contributed by atoms with Crippen molar-refractivity contribution in [3.8, 4) is 0 Å². The molecule has 2 aromatic rings. The third-order valence-electron chi connectivity index (χ3n) is 5.00. The van der Waals surface area contributed by atoms with Gasteiger partial charge in [-0.15, -0.1) is 11.3 Å². The summed E-state index contributed by atoms with van der Waals surface area (Å²) < 4.78 is 27.6. The van der Waals surface area contributed by atoms with E-state index >= 15 is 0 Å². The molecule has 2 aliphatic rings. The SMILES string of the molecule is N[C@@H]1CCN(C(=O)c2cccc(S(=O)(=O)N3CCc4sccc4C3)c2)C1. The molecule has 3 heterocycles. The number of amides is 1. The lowest BCUT2D eigenvalue weighted by Crippen LogP contribution is -2.35. The van der Waals surface area contributed by atoms with E-state index in [-0.39, 0.29) is 16.8 Å². The Morgan fingerprint density at radius 2 is 2.08 bits per heavy atom. The van der Waals surface area contributed by atoms with E-state index in [2.05, 4.69) is 0 Å². The Hall–Kier alpha value is -1.74. The summed E-state index contributed by atoms with van der Waals surface area (Å²) >= 11 is 1.67. The van der Waals surface area contributed by atoms with Crippen molar-refractivity contribution < 1.29 is 13.2 Å². The van der Waals surface area contributed by atoms with E-state index in [9.17, 15) is 13.2 Å². The maximum Gasteiger partial charge on any atom is 0.253 e. The third kappa shape index (κ3) is 3.18. The van der Waals surface area contributed by atoms with Gasteiger partial charge in [-0.3, -0.25) is 4.79 Å². The van der Waals surface area contributed by atoms with Crippen molar-refractivity contribution in [3.63, 3.8) is 0 Å². The summed E-state index contributed by atoms with van der Waals surface area (Å²) in [4.78, 5) is 15.8. The molecule has 138 valence electrons. The maximum atomic E-state index is 13.1. The Bertz CT molecular complexity index is 939. The molecule has 1 aromatic carbocycles. The zero-order valence-electron chi connectivity index (χ0n) is 14.3. The number of benzene rings is 1. The summed E-state index contributed by atoms with van der Waals surface area (Å²) in [5.74, 6) is -0.159. The largest absolute Gasteiger partial charge is 0.337 e. The van der Waals surface area contributed by atoms with Crippen LogP contribution in [0.1, 0.15) is 27.2 Å². The summed E-state index contributed by atoms with van der Waals surface area (Å²) in [5, 5.41) is 2.00. The second kappa shape index (κ2) is 6.77. The van der Waals surface area contributed by atoms with Crippen LogP contribution in [-0.4, -0.2) is 49.2 Å². The number of likely N-dealkylation sites (tertiary alicyclic amines) is 1. The minimum Gasteiger partial charge on any atom is -0.337 e. The Kier molecular flexibility index (Phi) is 4.60. The number of sulfonamides is 1. The summed E-state index contributed by atoms with van der Waals surface area (Å²) in [6.45, 7) is 1.99. The average Bonchev–Trinajstić information content (AvgIpc) is 3.29. The van der Waals surface area contributed by atoms with Gasteiger partial charge in [0.05, 0.1) is 4.90 Å². The molecule has 1 amide bonds. The van der Waals surface area contributed by atoms with Crippen LogP contribution >= 0.6 is 11.3 Å². The van der Waals surface area contributed by atoms with Gasteiger partial charge in [0, 0.05) is 42.7 Å². The summed E-state index contributed by atoms with van der Waals surface area (Å²) in [6, 6.07) is 8.33. The first-order chi connectivity index (χ1) is 12.4. The van der Waals surface area contributed by atoms with Crippen LogP contribution in [0.2, 0.25) is 0 Å². The van der Waals surface area contributed by atoms with E-state index in [4.69, 9.17) is 5.73 Å². The highest BCUT2D eigenvalue weighted by Gasteiger charge is 2.30. The van der Waals surface area contributed by atoms with Crippen molar-refractivity contribution in [3.05, 3.63) is 51.7 Å². The van der Waals surface area contributed by atoms with Gasteiger partial charge in [-0.1, -0.05) is 6.07 Å². The fraction of sp³-hybridized carbons (Fsp3) is 0.389. The quantitative estimate of drug-likeness (QED) is 0.863. The van der Waals surface area contributed by atoms with E-state index in [0.717, 1.165) is 18.4 Å². The molecule has 6 nitrogen and oxygen atoms in total. The molecule has 0 spiro atoms. The first-order valence-electron chi connectivity index (χ1n) is 8.65. The Morgan fingerprint density at radius 1 is 1.23 bits per heavy atom. The number of hydrogen-bond donors (Lipinski definition) is 1. The van der Waals surface area contributed by atoms with Gasteiger partial charge >= 0.3 is 0 Å². The fourth-order valence-corrected chi connectivity index (χ4v) is 5.88.